The van der Waals surface area contributed by atoms with Crippen LogP contribution in [0.3, 0.4) is 0 Å². The first-order chi connectivity index (χ1) is 9.81. The van der Waals surface area contributed by atoms with E-state index >= 15 is 0 Å². The zero-order valence-corrected chi connectivity index (χ0v) is 11.2. The summed E-state index contributed by atoms with van der Waals surface area (Å²) in [6.07, 6.45) is 2.02. The fraction of sp³-hybridized carbons (Fsp3) is 0.231. The van der Waals surface area contributed by atoms with Crippen molar-refractivity contribution < 1.29 is 24.4 Å². The largest absolute Gasteiger partial charge is 0.492 e. The molecule has 0 bridgehead atoms. The van der Waals surface area contributed by atoms with Crippen LogP contribution in [0.25, 0.3) is 6.08 Å². The van der Waals surface area contributed by atoms with E-state index in [1.807, 2.05) is 0 Å². The fourth-order valence-electron chi connectivity index (χ4n) is 1.37. The van der Waals surface area contributed by atoms with Crippen molar-refractivity contribution in [2.45, 2.75) is 6.92 Å². The van der Waals surface area contributed by atoms with Crippen LogP contribution >= 0.6 is 0 Å². The first kappa shape index (κ1) is 16.2. The SMILES string of the molecule is CC(COc1ccc([N+](=O)[O-])cc1/C=C/C(=O)O)C(N)=O. The lowest BCUT2D eigenvalue weighted by Gasteiger charge is -2.12. The molecule has 0 saturated heterocycles. The normalized spacial score (nSPS) is 12.0. The molecule has 0 spiro atoms. The maximum atomic E-state index is 10.9. The number of nitrogens with two attached hydrogens (primary N) is 1. The number of nitro groups is 1. The number of nitrogens with zero attached hydrogens (tertiary/aromatic N) is 1. The van der Waals surface area contributed by atoms with Gasteiger partial charge in [-0.1, -0.05) is 6.92 Å². The summed E-state index contributed by atoms with van der Waals surface area (Å²) in [5, 5.41) is 19.3. The van der Waals surface area contributed by atoms with Crippen LogP contribution in [0.2, 0.25) is 0 Å². The van der Waals surface area contributed by atoms with Gasteiger partial charge in [0.1, 0.15) is 5.75 Å². The molecule has 0 aliphatic rings. The van der Waals surface area contributed by atoms with Gasteiger partial charge in [0.2, 0.25) is 5.91 Å². The maximum absolute atomic E-state index is 10.9. The second-order valence-corrected chi connectivity index (χ2v) is 4.27. The van der Waals surface area contributed by atoms with Gasteiger partial charge in [-0.25, -0.2) is 4.79 Å². The highest BCUT2D eigenvalue weighted by molar-refractivity contribution is 5.86. The Balaban J connectivity index is 3.03. The summed E-state index contributed by atoms with van der Waals surface area (Å²) >= 11 is 0. The molecule has 8 heteroatoms. The highest BCUT2D eigenvalue weighted by Crippen LogP contribution is 2.26. The van der Waals surface area contributed by atoms with Crippen LogP contribution in [-0.4, -0.2) is 28.5 Å². The number of carbonyl (C=O) groups excluding carboxylic acids is 1. The summed E-state index contributed by atoms with van der Waals surface area (Å²) in [6, 6.07) is 3.75. The molecule has 0 saturated carbocycles. The van der Waals surface area contributed by atoms with Gasteiger partial charge in [0, 0.05) is 23.8 Å². The highest BCUT2D eigenvalue weighted by Gasteiger charge is 2.13. The topological polar surface area (TPSA) is 133 Å². The third kappa shape index (κ3) is 4.94. The molecule has 0 fully saturated rings. The number of carbonyl (C=O) groups is 2. The number of carboxylic acid groups (broad SMARTS) is 1. The van der Waals surface area contributed by atoms with Crippen LogP contribution in [-0.2, 0) is 9.59 Å². The summed E-state index contributed by atoms with van der Waals surface area (Å²) in [4.78, 5) is 31.6. The van der Waals surface area contributed by atoms with Crippen LogP contribution in [0.5, 0.6) is 5.75 Å². The Morgan fingerprint density at radius 2 is 2.19 bits per heavy atom. The fourth-order valence-corrected chi connectivity index (χ4v) is 1.37. The Labute approximate surface area is 120 Å². The molecular weight excluding hydrogens is 280 g/mol. The van der Waals surface area contributed by atoms with Crippen molar-refractivity contribution in [2.24, 2.45) is 11.7 Å². The van der Waals surface area contributed by atoms with E-state index in [0.29, 0.717) is 0 Å². The molecular formula is C13H14N2O6. The first-order valence-electron chi connectivity index (χ1n) is 5.93. The first-order valence-corrected chi connectivity index (χ1v) is 5.93. The molecule has 1 atom stereocenters. The number of ether oxygens (including phenoxy) is 1. The summed E-state index contributed by atoms with van der Waals surface area (Å²) in [5.74, 6) is -2.06. The zero-order valence-electron chi connectivity index (χ0n) is 11.2. The molecule has 0 aliphatic carbocycles. The van der Waals surface area contributed by atoms with Crippen molar-refractivity contribution in [3.63, 3.8) is 0 Å². The summed E-state index contributed by atoms with van der Waals surface area (Å²) in [6.45, 7) is 1.56. The van der Waals surface area contributed by atoms with E-state index in [0.717, 1.165) is 6.08 Å². The number of aliphatic carboxylic acids is 1. The third-order valence-corrected chi connectivity index (χ3v) is 2.58. The average molecular weight is 294 g/mol. The summed E-state index contributed by atoms with van der Waals surface area (Å²) < 4.78 is 5.36. The molecule has 112 valence electrons. The van der Waals surface area contributed by atoms with Crippen molar-refractivity contribution in [3.8, 4) is 5.75 Å². The number of nitro benzene ring substituents is 1. The number of rotatable bonds is 7. The lowest BCUT2D eigenvalue weighted by molar-refractivity contribution is -0.384. The van der Waals surface area contributed by atoms with E-state index in [-0.39, 0.29) is 23.6 Å². The molecule has 21 heavy (non-hydrogen) atoms. The molecule has 0 aliphatic heterocycles. The molecule has 1 rings (SSSR count). The van der Waals surface area contributed by atoms with Crippen molar-refractivity contribution >= 4 is 23.6 Å². The Hall–Kier alpha value is -2.90. The molecule has 1 aromatic rings. The van der Waals surface area contributed by atoms with E-state index in [2.05, 4.69) is 0 Å². The Kier molecular flexibility index (Phi) is 5.41. The minimum atomic E-state index is -1.20. The second kappa shape index (κ2) is 7.04. The van der Waals surface area contributed by atoms with Crippen LogP contribution < -0.4 is 10.5 Å². The number of primary amides is 1. The molecule has 3 N–H and O–H groups in total. The predicted molar refractivity (Wildman–Crippen MR) is 73.6 cm³/mol. The standard InChI is InChI=1S/C13H14N2O6/c1-8(13(14)18)7-21-11-4-3-10(15(19)20)6-9(11)2-5-12(16)17/h2-6,8H,7H2,1H3,(H2,14,18)(H,16,17)/b5-2+. The summed E-state index contributed by atoms with van der Waals surface area (Å²) in [7, 11) is 0. The van der Waals surface area contributed by atoms with Crippen molar-refractivity contribution in [1.82, 2.24) is 0 Å². The van der Waals surface area contributed by atoms with Gasteiger partial charge in [0.25, 0.3) is 5.69 Å². The van der Waals surface area contributed by atoms with E-state index in [1.54, 1.807) is 6.92 Å². The van der Waals surface area contributed by atoms with Gasteiger partial charge in [-0.15, -0.1) is 0 Å². The van der Waals surface area contributed by atoms with E-state index in [1.165, 1.54) is 24.3 Å². The summed E-state index contributed by atoms with van der Waals surface area (Å²) in [5.41, 5.74) is 5.13. The van der Waals surface area contributed by atoms with Gasteiger partial charge in [-0.2, -0.15) is 0 Å². The number of hydrogen-bond donors (Lipinski definition) is 2. The van der Waals surface area contributed by atoms with Crippen LogP contribution in [0.15, 0.2) is 24.3 Å². The van der Waals surface area contributed by atoms with E-state index < -0.39 is 22.7 Å². The Bertz CT molecular complexity index is 596. The molecule has 1 amide bonds. The number of carboxylic acids is 1. The molecule has 8 nitrogen and oxygen atoms in total. The zero-order chi connectivity index (χ0) is 16.0. The van der Waals surface area contributed by atoms with Gasteiger partial charge >= 0.3 is 5.97 Å². The molecule has 0 aromatic heterocycles. The Morgan fingerprint density at radius 3 is 2.71 bits per heavy atom. The quantitative estimate of drug-likeness (QED) is 0.441. The number of hydrogen-bond acceptors (Lipinski definition) is 5. The van der Waals surface area contributed by atoms with Crippen LogP contribution in [0.4, 0.5) is 5.69 Å². The number of benzene rings is 1. The van der Waals surface area contributed by atoms with Crippen LogP contribution in [0.1, 0.15) is 12.5 Å². The van der Waals surface area contributed by atoms with Gasteiger partial charge < -0.3 is 15.6 Å². The lowest BCUT2D eigenvalue weighted by atomic mass is 10.1. The van der Waals surface area contributed by atoms with E-state index in [9.17, 15) is 19.7 Å². The van der Waals surface area contributed by atoms with E-state index in [4.69, 9.17) is 15.6 Å². The van der Waals surface area contributed by atoms with Crippen molar-refractivity contribution in [1.29, 1.82) is 0 Å². The van der Waals surface area contributed by atoms with Crippen LogP contribution in [0, 0.1) is 16.0 Å². The minimum absolute atomic E-state index is 0.0128. The second-order valence-electron chi connectivity index (χ2n) is 4.27. The van der Waals surface area contributed by atoms with Gasteiger partial charge in [0.05, 0.1) is 17.4 Å². The Morgan fingerprint density at radius 1 is 1.52 bits per heavy atom. The van der Waals surface area contributed by atoms with Crippen molar-refractivity contribution in [3.05, 3.63) is 40.0 Å². The maximum Gasteiger partial charge on any atom is 0.328 e. The molecule has 0 heterocycles. The third-order valence-electron chi connectivity index (χ3n) is 2.58. The lowest BCUT2D eigenvalue weighted by Crippen LogP contribution is -2.25. The smallest absolute Gasteiger partial charge is 0.328 e. The van der Waals surface area contributed by atoms with Crippen molar-refractivity contribution in [2.75, 3.05) is 6.61 Å². The minimum Gasteiger partial charge on any atom is -0.492 e. The van der Waals surface area contributed by atoms with Gasteiger partial charge in [-0.05, 0) is 12.1 Å². The van der Waals surface area contributed by atoms with Gasteiger partial charge in [0.15, 0.2) is 0 Å². The molecule has 1 unspecified atom stereocenters. The predicted octanol–water partition coefficient (Wildman–Crippen LogP) is 1.19. The van der Waals surface area contributed by atoms with Gasteiger partial charge in [-0.3, -0.25) is 14.9 Å². The monoisotopic (exact) mass is 294 g/mol. The number of amides is 1. The highest BCUT2D eigenvalue weighted by atomic mass is 16.6. The molecule has 1 aromatic carbocycles. The average Bonchev–Trinajstić information content (AvgIpc) is 2.42. The molecule has 0 radical (unpaired) electrons. The number of non-ortho nitro benzene ring substituents is 1.